The summed E-state index contributed by atoms with van der Waals surface area (Å²) < 4.78 is 27.4. The Bertz CT molecular complexity index is 891. The molecule has 1 aromatic rings. The van der Waals surface area contributed by atoms with E-state index in [1.165, 1.54) is 0 Å². The fourth-order valence-electron chi connectivity index (χ4n) is 4.92. The van der Waals surface area contributed by atoms with Crippen molar-refractivity contribution in [3.63, 3.8) is 0 Å². The molecular weight excluding hydrogens is 490 g/mol. The van der Waals surface area contributed by atoms with Crippen LogP contribution < -0.4 is 14.8 Å². The number of carbonyl (C=O) groups is 2. The molecule has 214 valence electrons. The van der Waals surface area contributed by atoms with Gasteiger partial charge in [-0.15, -0.1) is 0 Å². The maximum absolute atomic E-state index is 13.7. The zero-order valence-electron chi connectivity index (χ0n) is 23.6. The van der Waals surface area contributed by atoms with Gasteiger partial charge in [0.15, 0.2) is 11.5 Å². The molecule has 0 bridgehead atoms. The van der Waals surface area contributed by atoms with Gasteiger partial charge in [0.2, 0.25) is 0 Å². The fraction of sp³-hybridized carbons (Fsp3) is 0.714. The highest BCUT2D eigenvalue weighted by Gasteiger charge is 2.33. The molecule has 2 aliphatic rings. The number of ether oxygens (including phenoxy) is 5. The van der Waals surface area contributed by atoms with Crippen LogP contribution in [0, 0.1) is 11.8 Å². The topological polar surface area (TPSA) is 98.8 Å². The second kappa shape index (κ2) is 15.1. The molecule has 2 amide bonds. The molecule has 0 aromatic heterocycles. The third-order valence-electron chi connectivity index (χ3n) is 7.21. The van der Waals surface area contributed by atoms with Crippen molar-refractivity contribution in [1.29, 1.82) is 0 Å². The van der Waals surface area contributed by atoms with Crippen molar-refractivity contribution in [3.05, 3.63) is 23.8 Å². The summed E-state index contributed by atoms with van der Waals surface area (Å²) >= 11 is 0. The summed E-state index contributed by atoms with van der Waals surface area (Å²) in [6, 6.07) is 5.32. The van der Waals surface area contributed by atoms with E-state index < -0.39 is 0 Å². The van der Waals surface area contributed by atoms with E-state index in [0.717, 1.165) is 32.4 Å². The van der Waals surface area contributed by atoms with Crippen molar-refractivity contribution in [1.82, 2.24) is 15.1 Å². The largest absolute Gasteiger partial charge is 0.493 e. The maximum Gasteiger partial charge on any atom is 0.409 e. The van der Waals surface area contributed by atoms with E-state index in [1.807, 2.05) is 18.7 Å². The first-order valence-corrected chi connectivity index (χ1v) is 13.6. The SMILES string of the molecule is COCCCOc1cc(C(=O)N(C[C@@H]2CNC[C@H]2CN(C)C(=O)OC2CCOCC2)C(C)C)ccc1OC. The van der Waals surface area contributed by atoms with Gasteiger partial charge in [-0.3, -0.25) is 4.79 Å². The second-order valence-corrected chi connectivity index (χ2v) is 10.4. The number of nitrogens with one attached hydrogen (secondary N) is 1. The molecule has 2 heterocycles. The van der Waals surface area contributed by atoms with Crippen LogP contribution in [0.25, 0.3) is 0 Å². The molecule has 0 spiro atoms. The fourth-order valence-corrected chi connectivity index (χ4v) is 4.92. The van der Waals surface area contributed by atoms with Gasteiger partial charge in [0, 0.05) is 77.8 Å². The van der Waals surface area contributed by atoms with Gasteiger partial charge >= 0.3 is 6.09 Å². The van der Waals surface area contributed by atoms with E-state index in [4.69, 9.17) is 23.7 Å². The van der Waals surface area contributed by atoms with Crippen molar-refractivity contribution < 1.29 is 33.3 Å². The first-order chi connectivity index (χ1) is 18.3. The summed E-state index contributed by atoms with van der Waals surface area (Å²) in [6.45, 7) is 9.13. The molecule has 0 radical (unpaired) electrons. The molecule has 0 unspecified atom stereocenters. The van der Waals surface area contributed by atoms with Gasteiger partial charge in [-0.1, -0.05) is 0 Å². The van der Waals surface area contributed by atoms with Crippen LogP contribution in [0.15, 0.2) is 18.2 Å². The Balaban J connectivity index is 1.63. The van der Waals surface area contributed by atoms with Gasteiger partial charge < -0.3 is 38.8 Å². The molecule has 3 rings (SSSR count). The summed E-state index contributed by atoms with van der Waals surface area (Å²) in [5.74, 6) is 1.51. The summed E-state index contributed by atoms with van der Waals surface area (Å²) in [5.41, 5.74) is 0.556. The molecule has 0 saturated carbocycles. The average Bonchev–Trinajstić information content (AvgIpc) is 3.36. The molecule has 2 saturated heterocycles. The Hall–Kier alpha value is -2.56. The third kappa shape index (κ3) is 8.47. The number of nitrogens with zero attached hydrogens (tertiary/aromatic N) is 2. The highest BCUT2D eigenvalue weighted by Crippen LogP contribution is 2.30. The van der Waals surface area contributed by atoms with E-state index in [-0.39, 0.29) is 36.0 Å². The Labute approximate surface area is 226 Å². The molecule has 2 atom stereocenters. The minimum Gasteiger partial charge on any atom is -0.493 e. The maximum atomic E-state index is 13.7. The van der Waals surface area contributed by atoms with Gasteiger partial charge in [-0.2, -0.15) is 0 Å². The van der Waals surface area contributed by atoms with Crippen molar-refractivity contribution >= 4 is 12.0 Å². The lowest BCUT2D eigenvalue weighted by Crippen LogP contribution is -2.44. The van der Waals surface area contributed by atoms with Gasteiger partial charge in [-0.25, -0.2) is 4.79 Å². The Kier molecular flexibility index (Phi) is 11.9. The predicted octanol–water partition coefficient (Wildman–Crippen LogP) is 3.04. The minimum absolute atomic E-state index is 0.00754. The van der Waals surface area contributed by atoms with Gasteiger partial charge in [0.05, 0.1) is 26.9 Å². The van der Waals surface area contributed by atoms with Crippen molar-refractivity contribution in [2.75, 3.05) is 73.9 Å². The van der Waals surface area contributed by atoms with Crippen LogP contribution in [-0.2, 0) is 14.2 Å². The first kappa shape index (κ1) is 30.0. The van der Waals surface area contributed by atoms with Gasteiger partial charge in [0.1, 0.15) is 6.10 Å². The molecular formula is C28H45N3O7. The molecule has 10 nitrogen and oxygen atoms in total. The molecule has 38 heavy (non-hydrogen) atoms. The highest BCUT2D eigenvalue weighted by atomic mass is 16.6. The van der Waals surface area contributed by atoms with Crippen molar-refractivity contribution in [2.24, 2.45) is 11.8 Å². The lowest BCUT2D eigenvalue weighted by Gasteiger charge is -2.33. The Morgan fingerprint density at radius 3 is 2.42 bits per heavy atom. The summed E-state index contributed by atoms with van der Waals surface area (Å²) in [5, 5.41) is 3.45. The van der Waals surface area contributed by atoms with E-state index in [2.05, 4.69) is 5.32 Å². The van der Waals surface area contributed by atoms with E-state index >= 15 is 0 Å². The number of hydrogen-bond donors (Lipinski definition) is 1. The van der Waals surface area contributed by atoms with Crippen molar-refractivity contribution in [2.45, 2.75) is 45.3 Å². The van der Waals surface area contributed by atoms with Crippen LogP contribution in [-0.4, -0.2) is 108 Å². The Morgan fingerprint density at radius 1 is 1.05 bits per heavy atom. The van der Waals surface area contributed by atoms with Crippen LogP contribution in [0.2, 0.25) is 0 Å². The van der Waals surface area contributed by atoms with Crippen LogP contribution in [0.4, 0.5) is 4.79 Å². The minimum atomic E-state index is -0.296. The zero-order valence-corrected chi connectivity index (χ0v) is 23.6. The van der Waals surface area contributed by atoms with Crippen LogP contribution >= 0.6 is 0 Å². The van der Waals surface area contributed by atoms with Crippen LogP contribution in [0.5, 0.6) is 11.5 Å². The predicted molar refractivity (Wildman–Crippen MR) is 144 cm³/mol. The number of rotatable bonds is 13. The zero-order chi connectivity index (χ0) is 27.5. The second-order valence-electron chi connectivity index (χ2n) is 10.4. The number of hydrogen-bond acceptors (Lipinski definition) is 8. The monoisotopic (exact) mass is 535 g/mol. The van der Waals surface area contributed by atoms with Gasteiger partial charge in [0.25, 0.3) is 5.91 Å². The highest BCUT2D eigenvalue weighted by molar-refractivity contribution is 5.95. The van der Waals surface area contributed by atoms with E-state index in [9.17, 15) is 9.59 Å². The molecule has 2 fully saturated rings. The van der Waals surface area contributed by atoms with Crippen molar-refractivity contribution in [3.8, 4) is 11.5 Å². The molecule has 10 heteroatoms. The number of carbonyl (C=O) groups excluding carboxylic acids is 2. The van der Waals surface area contributed by atoms with Crippen LogP contribution in [0.3, 0.4) is 0 Å². The normalized spacial score (nSPS) is 19.8. The van der Waals surface area contributed by atoms with E-state index in [0.29, 0.717) is 56.6 Å². The first-order valence-electron chi connectivity index (χ1n) is 13.6. The quantitative estimate of drug-likeness (QED) is 0.385. The molecule has 2 aliphatic heterocycles. The summed E-state index contributed by atoms with van der Waals surface area (Å²) in [6.07, 6.45) is 1.84. The standard InChI is InChI=1S/C28H45N3O7/c1-20(2)31(27(32)21-7-8-25(35-5)26(15-21)37-12-6-11-34-4)19-23-17-29-16-22(23)18-30(3)28(33)38-24-9-13-36-14-10-24/h7-8,15,20,22-24,29H,6,9-14,16-19H2,1-5H3/t22-,23-/m0/s1. The molecule has 1 aromatic carbocycles. The smallest absolute Gasteiger partial charge is 0.409 e. The molecule has 0 aliphatic carbocycles. The number of methoxy groups -OCH3 is 2. The lowest BCUT2D eigenvalue weighted by molar-refractivity contribution is -0.00953. The average molecular weight is 536 g/mol. The van der Waals surface area contributed by atoms with E-state index in [1.54, 1.807) is 44.4 Å². The number of benzene rings is 1. The lowest BCUT2D eigenvalue weighted by atomic mass is 9.94. The third-order valence-corrected chi connectivity index (χ3v) is 7.21. The molecule has 1 N–H and O–H groups in total. The number of amides is 2. The summed E-state index contributed by atoms with van der Waals surface area (Å²) in [7, 11) is 5.03. The Morgan fingerprint density at radius 2 is 1.76 bits per heavy atom. The summed E-state index contributed by atoms with van der Waals surface area (Å²) in [4.78, 5) is 29.9. The van der Waals surface area contributed by atoms with Crippen LogP contribution in [0.1, 0.15) is 43.5 Å². The van der Waals surface area contributed by atoms with Gasteiger partial charge in [-0.05, 0) is 43.9 Å².